The van der Waals surface area contributed by atoms with Crippen molar-refractivity contribution < 1.29 is 0 Å². The number of hydrogen-bond acceptors (Lipinski definition) is 4. The van der Waals surface area contributed by atoms with Gasteiger partial charge in [0.25, 0.3) is 0 Å². The van der Waals surface area contributed by atoms with E-state index < -0.39 is 0 Å². The van der Waals surface area contributed by atoms with Gasteiger partial charge >= 0.3 is 0 Å². The molecule has 6 nitrogen and oxygen atoms in total. The van der Waals surface area contributed by atoms with Crippen molar-refractivity contribution in [2.75, 3.05) is 0 Å². The minimum atomic E-state index is 0.220. The first-order valence-electron chi connectivity index (χ1n) is 6.58. The van der Waals surface area contributed by atoms with Crippen LogP contribution in [0.3, 0.4) is 0 Å². The van der Waals surface area contributed by atoms with E-state index in [2.05, 4.69) is 25.1 Å². The Morgan fingerprint density at radius 2 is 2.19 bits per heavy atom. The number of hydrogen-bond donors (Lipinski definition) is 1. The van der Waals surface area contributed by atoms with E-state index in [1.807, 2.05) is 29.7 Å². The Morgan fingerprint density at radius 1 is 1.29 bits per heavy atom. The molecule has 3 heterocycles. The van der Waals surface area contributed by atoms with Gasteiger partial charge in [-0.1, -0.05) is 12.1 Å². The molecule has 0 aliphatic carbocycles. The van der Waals surface area contributed by atoms with E-state index in [0.717, 1.165) is 39.9 Å². The third-order valence-electron chi connectivity index (χ3n) is 3.49. The Hall–Kier alpha value is -2.47. The number of H-pyrrole nitrogens is 1. The smallest absolute Gasteiger partial charge is 0.225 e. The zero-order valence-electron chi connectivity index (χ0n) is 11.2. The standard InChI is InChI=1S/C14H11ClN6/c1-2-21-7-16-12-11(18-14(15)19-13(12)21)8-3-4-9-6-17-20-10(9)5-8/h3-7H,2H2,1H3,(H,17,20). The average Bonchev–Trinajstić information content (AvgIpc) is 3.11. The molecule has 0 aliphatic heterocycles. The molecule has 0 saturated carbocycles. The van der Waals surface area contributed by atoms with Crippen LogP contribution in [0.25, 0.3) is 33.3 Å². The van der Waals surface area contributed by atoms with Crippen molar-refractivity contribution in [3.8, 4) is 11.3 Å². The highest BCUT2D eigenvalue weighted by Crippen LogP contribution is 2.28. The average molecular weight is 299 g/mol. The fourth-order valence-corrected chi connectivity index (χ4v) is 2.60. The summed E-state index contributed by atoms with van der Waals surface area (Å²) >= 11 is 6.07. The maximum absolute atomic E-state index is 6.07. The molecule has 1 N–H and O–H groups in total. The zero-order chi connectivity index (χ0) is 14.4. The van der Waals surface area contributed by atoms with Crippen LogP contribution in [0.1, 0.15) is 6.92 Å². The molecule has 21 heavy (non-hydrogen) atoms. The number of rotatable bonds is 2. The van der Waals surface area contributed by atoms with Gasteiger partial charge in [0.1, 0.15) is 11.2 Å². The van der Waals surface area contributed by atoms with Crippen LogP contribution in [0.15, 0.2) is 30.7 Å². The fourth-order valence-electron chi connectivity index (χ4n) is 2.43. The number of aryl methyl sites for hydroxylation is 1. The van der Waals surface area contributed by atoms with Gasteiger partial charge in [-0.05, 0) is 24.6 Å². The summed E-state index contributed by atoms with van der Waals surface area (Å²) in [7, 11) is 0. The number of fused-ring (bicyclic) bond motifs is 2. The molecular formula is C14H11ClN6. The van der Waals surface area contributed by atoms with E-state index in [0.29, 0.717) is 0 Å². The summed E-state index contributed by atoms with van der Waals surface area (Å²) in [6, 6.07) is 5.97. The summed E-state index contributed by atoms with van der Waals surface area (Å²) in [5, 5.41) is 8.26. The number of aromatic nitrogens is 6. The summed E-state index contributed by atoms with van der Waals surface area (Å²) in [5.74, 6) is 0. The molecule has 4 rings (SSSR count). The van der Waals surface area contributed by atoms with Crippen LogP contribution >= 0.6 is 11.6 Å². The van der Waals surface area contributed by atoms with Crippen LogP contribution in [0.4, 0.5) is 0 Å². The summed E-state index contributed by atoms with van der Waals surface area (Å²) in [6.45, 7) is 2.82. The normalized spacial score (nSPS) is 11.5. The molecule has 0 radical (unpaired) electrons. The van der Waals surface area contributed by atoms with Gasteiger partial charge in [-0.3, -0.25) is 5.10 Å². The highest BCUT2D eigenvalue weighted by atomic mass is 35.5. The van der Waals surface area contributed by atoms with Crippen molar-refractivity contribution >= 4 is 33.7 Å². The molecule has 0 aliphatic rings. The Balaban J connectivity index is 2.02. The van der Waals surface area contributed by atoms with Gasteiger partial charge in [0.15, 0.2) is 5.65 Å². The molecule has 0 atom stereocenters. The first-order chi connectivity index (χ1) is 10.3. The Bertz CT molecular complexity index is 955. The second kappa shape index (κ2) is 4.53. The summed E-state index contributed by atoms with van der Waals surface area (Å²) in [4.78, 5) is 13.1. The van der Waals surface area contributed by atoms with Gasteiger partial charge in [0.2, 0.25) is 5.28 Å². The molecule has 7 heteroatoms. The van der Waals surface area contributed by atoms with E-state index in [9.17, 15) is 0 Å². The fraction of sp³-hybridized carbons (Fsp3) is 0.143. The lowest BCUT2D eigenvalue weighted by atomic mass is 10.1. The molecular weight excluding hydrogens is 288 g/mol. The van der Waals surface area contributed by atoms with Crippen molar-refractivity contribution in [1.29, 1.82) is 0 Å². The Morgan fingerprint density at radius 3 is 3.05 bits per heavy atom. The van der Waals surface area contributed by atoms with E-state index >= 15 is 0 Å². The van der Waals surface area contributed by atoms with Crippen LogP contribution in [0, 0.1) is 0 Å². The number of nitrogens with zero attached hydrogens (tertiary/aromatic N) is 5. The molecule has 0 unspecified atom stereocenters. The molecule has 3 aromatic heterocycles. The second-order valence-corrected chi connectivity index (χ2v) is 5.05. The van der Waals surface area contributed by atoms with Gasteiger partial charge in [-0.25, -0.2) is 9.97 Å². The number of benzene rings is 1. The van der Waals surface area contributed by atoms with E-state index in [1.165, 1.54) is 0 Å². The maximum Gasteiger partial charge on any atom is 0.225 e. The van der Waals surface area contributed by atoms with Crippen LogP contribution in [-0.4, -0.2) is 29.7 Å². The van der Waals surface area contributed by atoms with Crippen molar-refractivity contribution in [3.05, 3.63) is 36.0 Å². The molecule has 0 spiro atoms. The van der Waals surface area contributed by atoms with Gasteiger partial charge in [-0.15, -0.1) is 0 Å². The third kappa shape index (κ3) is 1.87. The van der Waals surface area contributed by atoms with Gasteiger partial charge in [-0.2, -0.15) is 10.1 Å². The lowest BCUT2D eigenvalue weighted by molar-refractivity contribution is 0.777. The zero-order valence-corrected chi connectivity index (χ0v) is 12.0. The predicted octanol–water partition coefficient (Wildman–Crippen LogP) is 3.04. The molecule has 4 aromatic rings. The van der Waals surface area contributed by atoms with Crippen LogP contribution in [0.2, 0.25) is 5.28 Å². The van der Waals surface area contributed by atoms with E-state index in [1.54, 1.807) is 12.5 Å². The van der Waals surface area contributed by atoms with Crippen molar-refractivity contribution in [2.24, 2.45) is 0 Å². The third-order valence-corrected chi connectivity index (χ3v) is 3.66. The monoisotopic (exact) mass is 298 g/mol. The lowest BCUT2D eigenvalue weighted by Crippen LogP contribution is -1.96. The lowest BCUT2D eigenvalue weighted by Gasteiger charge is -2.04. The van der Waals surface area contributed by atoms with Crippen LogP contribution < -0.4 is 0 Å². The predicted molar refractivity (Wildman–Crippen MR) is 81.1 cm³/mol. The molecule has 104 valence electrons. The van der Waals surface area contributed by atoms with Crippen LogP contribution in [-0.2, 0) is 6.54 Å². The number of nitrogens with one attached hydrogen (secondary N) is 1. The summed E-state index contributed by atoms with van der Waals surface area (Å²) < 4.78 is 1.95. The Kier molecular flexibility index (Phi) is 2.65. The van der Waals surface area contributed by atoms with Crippen LogP contribution in [0.5, 0.6) is 0 Å². The topological polar surface area (TPSA) is 72.3 Å². The SMILES string of the molecule is CCn1cnc2c(-c3ccc4cn[nH]c4c3)nc(Cl)nc21. The molecule has 0 fully saturated rings. The maximum atomic E-state index is 6.07. The first kappa shape index (κ1) is 12.3. The molecule has 0 saturated heterocycles. The van der Waals surface area contributed by atoms with Gasteiger partial charge < -0.3 is 4.57 Å². The van der Waals surface area contributed by atoms with Crippen molar-refractivity contribution in [2.45, 2.75) is 13.5 Å². The number of aromatic amines is 1. The van der Waals surface area contributed by atoms with Gasteiger partial charge in [0.05, 0.1) is 18.0 Å². The highest BCUT2D eigenvalue weighted by Gasteiger charge is 2.14. The number of imidazole rings is 1. The molecule has 0 bridgehead atoms. The minimum absolute atomic E-state index is 0.220. The van der Waals surface area contributed by atoms with E-state index in [-0.39, 0.29) is 5.28 Å². The molecule has 1 aromatic carbocycles. The summed E-state index contributed by atoms with van der Waals surface area (Å²) in [5.41, 5.74) is 4.11. The number of halogens is 1. The highest BCUT2D eigenvalue weighted by molar-refractivity contribution is 6.28. The minimum Gasteiger partial charge on any atom is -0.315 e. The summed E-state index contributed by atoms with van der Waals surface area (Å²) in [6.07, 6.45) is 3.54. The van der Waals surface area contributed by atoms with Gasteiger partial charge in [0, 0.05) is 17.5 Å². The quantitative estimate of drug-likeness (QED) is 0.577. The second-order valence-electron chi connectivity index (χ2n) is 4.72. The molecule has 0 amide bonds. The largest absolute Gasteiger partial charge is 0.315 e. The first-order valence-corrected chi connectivity index (χ1v) is 6.96. The van der Waals surface area contributed by atoms with Crippen molar-refractivity contribution in [1.82, 2.24) is 29.7 Å². The van der Waals surface area contributed by atoms with E-state index in [4.69, 9.17) is 11.6 Å². The Labute approximate surface area is 124 Å². The van der Waals surface area contributed by atoms with Crippen molar-refractivity contribution in [3.63, 3.8) is 0 Å².